The number of thiophene rings is 1. The van der Waals surface area contributed by atoms with Crippen LogP contribution in [0.3, 0.4) is 0 Å². The van der Waals surface area contributed by atoms with Gasteiger partial charge in [-0.2, -0.15) is 0 Å². The summed E-state index contributed by atoms with van der Waals surface area (Å²) >= 11 is 1.40. The number of aromatic nitrogens is 2. The number of ether oxygens (including phenoxy) is 1. The Morgan fingerprint density at radius 3 is 2.55 bits per heavy atom. The molecule has 4 aromatic rings. The molecule has 1 amide bonds. The number of carbonyl (C=O) groups is 2. The third kappa shape index (κ3) is 4.42. The maximum atomic E-state index is 13.3. The summed E-state index contributed by atoms with van der Waals surface area (Å²) < 4.78 is 6.04. The lowest BCUT2D eigenvalue weighted by molar-refractivity contribution is -0.116. The minimum atomic E-state index is -0.493. The van der Waals surface area contributed by atoms with Gasteiger partial charge in [-0.25, -0.2) is 9.78 Å². The largest absolute Gasteiger partial charge is 0.465 e. The van der Waals surface area contributed by atoms with Crippen LogP contribution >= 0.6 is 11.3 Å². The standard InChI is InChI=1S/C25H23N3O4S/c1-14-5-7-17(9-16(14)3)19-12-33-23-22(19)24(30)28(13-26-23)11-21(29)27-20-10-18(25(31)32-4)8-6-15(20)2/h5-10,12-13H,11H2,1-4H3,(H,27,29). The molecule has 0 fully saturated rings. The lowest BCUT2D eigenvalue weighted by atomic mass is 10.0. The van der Waals surface area contributed by atoms with Crippen molar-refractivity contribution < 1.29 is 14.3 Å². The Morgan fingerprint density at radius 2 is 1.82 bits per heavy atom. The average Bonchev–Trinajstić information content (AvgIpc) is 3.23. The fourth-order valence-corrected chi connectivity index (χ4v) is 4.45. The van der Waals surface area contributed by atoms with Gasteiger partial charge in [0.2, 0.25) is 5.91 Å². The Labute approximate surface area is 194 Å². The van der Waals surface area contributed by atoms with Gasteiger partial charge in [-0.05, 0) is 55.2 Å². The SMILES string of the molecule is COC(=O)c1ccc(C)c(NC(=O)Cn2cnc3scc(-c4ccc(C)c(C)c4)c3c2=O)c1. The Kier molecular flexibility index (Phi) is 6.11. The Bertz CT molecular complexity index is 1450. The number of hydrogen-bond acceptors (Lipinski definition) is 6. The van der Waals surface area contributed by atoms with Crippen LogP contribution in [0, 0.1) is 20.8 Å². The molecule has 0 unspecified atom stereocenters. The van der Waals surface area contributed by atoms with Crippen LogP contribution in [0.4, 0.5) is 5.69 Å². The van der Waals surface area contributed by atoms with E-state index in [9.17, 15) is 14.4 Å². The van der Waals surface area contributed by atoms with Crippen LogP contribution in [0.5, 0.6) is 0 Å². The molecule has 0 bridgehead atoms. The molecule has 0 aliphatic heterocycles. The second-order valence-electron chi connectivity index (χ2n) is 7.88. The molecule has 0 saturated heterocycles. The number of rotatable bonds is 5. The molecule has 0 aliphatic rings. The Hall–Kier alpha value is -3.78. The number of anilines is 1. The first kappa shape index (κ1) is 22.4. The van der Waals surface area contributed by atoms with Crippen LogP contribution in [0.25, 0.3) is 21.3 Å². The van der Waals surface area contributed by atoms with Gasteiger partial charge < -0.3 is 10.1 Å². The summed E-state index contributed by atoms with van der Waals surface area (Å²) in [4.78, 5) is 42.8. The highest BCUT2D eigenvalue weighted by Gasteiger charge is 2.16. The monoisotopic (exact) mass is 461 g/mol. The normalized spacial score (nSPS) is 10.9. The Morgan fingerprint density at radius 1 is 1.06 bits per heavy atom. The first-order valence-electron chi connectivity index (χ1n) is 10.3. The summed E-state index contributed by atoms with van der Waals surface area (Å²) in [6.45, 7) is 5.69. The number of benzene rings is 2. The van der Waals surface area contributed by atoms with E-state index in [1.165, 1.54) is 34.9 Å². The summed E-state index contributed by atoms with van der Waals surface area (Å²) in [5.74, 6) is -0.890. The number of methoxy groups -OCH3 is 1. The Balaban J connectivity index is 1.64. The molecule has 0 spiro atoms. The van der Waals surface area contributed by atoms with Crippen LogP contribution in [-0.2, 0) is 16.1 Å². The lowest BCUT2D eigenvalue weighted by Gasteiger charge is -2.11. The zero-order valence-corrected chi connectivity index (χ0v) is 19.6. The molecule has 4 rings (SSSR count). The predicted octanol–water partition coefficient (Wildman–Crippen LogP) is 4.48. The number of aryl methyl sites for hydroxylation is 3. The molecule has 1 N–H and O–H groups in total. The van der Waals surface area contributed by atoms with Crippen LogP contribution in [0.2, 0.25) is 0 Å². The number of amides is 1. The average molecular weight is 462 g/mol. The molecule has 2 aromatic carbocycles. The van der Waals surface area contributed by atoms with Crippen molar-refractivity contribution in [2.45, 2.75) is 27.3 Å². The van der Waals surface area contributed by atoms with Crippen molar-refractivity contribution in [3.05, 3.63) is 80.7 Å². The molecule has 168 valence electrons. The molecule has 8 heteroatoms. The molecular weight excluding hydrogens is 438 g/mol. The van der Waals surface area contributed by atoms with E-state index < -0.39 is 11.9 Å². The van der Waals surface area contributed by atoms with E-state index in [4.69, 9.17) is 4.74 Å². The number of hydrogen-bond donors (Lipinski definition) is 1. The van der Waals surface area contributed by atoms with Crippen LogP contribution in [0.1, 0.15) is 27.0 Å². The summed E-state index contributed by atoms with van der Waals surface area (Å²) in [5.41, 5.74) is 5.40. The number of carbonyl (C=O) groups excluding carboxylic acids is 2. The van der Waals surface area contributed by atoms with Gasteiger partial charge in [0.05, 0.1) is 24.4 Å². The molecule has 0 atom stereocenters. The van der Waals surface area contributed by atoms with Gasteiger partial charge in [-0.3, -0.25) is 14.2 Å². The fraction of sp³-hybridized carbons (Fsp3) is 0.200. The van der Waals surface area contributed by atoms with Crippen LogP contribution in [0.15, 0.2) is 52.9 Å². The smallest absolute Gasteiger partial charge is 0.337 e. The third-order valence-electron chi connectivity index (χ3n) is 5.63. The van der Waals surface area contributed by atoms with Gasteiger partial charge in [0.15, 0.2) is 0 Å². The molecule has 7 nitrogen and oxygen atoms in total. The predicted molar refractivity (Wildman–Crippen MR) is 130 cm³/mol. The van der Waals surface area contributed by atoms with E-state index >= 15 is 0 Å². The number of esters is 1. The van der Waals surface area contributed by atoms with E-state index in [-0.39, 0.29) is 12.1 Å². The zero-order valence-electron chi connectivity index (χ0n) is 18.8. The highest BCUT2D eigenvalue weighted by atomic mass is 32.1. The zero-order chi connectivity index (χ0) is 23.7. The molecule has 33 heavy (non-hydrogen) atoms. The second-order valence-corrected chi connectivity index (χ2v) is 8.73. The number of nitrogens with zero attached hydrogens (tertiary/aromatic N) is 2. The number of fused-ring (bicyclic) bond motifs is 1. The van der Waals surface area contributed by atoms with Gasteiger partial charge in [0.25, 0.3) is 5.56 Å². The molecule has 0 radical (unpaired) electrons. The van der Waals surface area contributed by atoms with Crippen molar-refractivity contribution in [1.29, 1.82) is 0 Å². The highest BCUT2D eigenvalue weighted by Crippen LogP contribution is 2.31. The van der Waals surface area contributed by atoms with E-state index in [2.05, 4.69) is 16.4 Å². The van der Waals surface area contributed by atoms with Gasteiger partial charge in [0, 0.05) is 16.6 Å². The molecule has 0 aliphatic carbocycles. The lowest BCUT2D eigenvalue weighted by Crippen LogP contribution is -2.28. The van der Waals surface area contributed by atoms with Crippen LogP contribution in [-0.4, -0.2) is 28.5 Å². The molecule has 2 heterocycles. The van der Waals surface area contributed by atoms with E-state index in [1.807, 2.05) is 38.3 Å². The first-order chi connectivity index (χ1) is 15.8. The molecule has 2 aromatic heterocycles. The minimum Gasteiger partial charge on any atom is -0.465 e. The van der Waals surface area contributed by atoms with Crippen molar-refractivity contribution in [2.75, 3.05) is 12.4 Å². The number of nitrogens with one attached hydrogen (secondary N) is 1. The van der Waals surface area contributed by atoms with Crippen molar-refractivity contribution in [3.8, 4) is 11.1 Å². The maximum Gasteiger partial charge on any atom is 0.337 e. The molecule has 0 saturated carbocycles. The van der Waals surface area contributed by atoms with Gasteiger partial charge in [-0.15, -0.1) is 11.3 Å². The topological polar surface area (TPSA) is 90.3 Å². The van der Waals surface area contributed by atoms with Crippen molar-refractivity contribution in [2.24, 2.45) is 0 Å². The maximum absolute atomic E-state index is 13.3. The van der Waals surface area contributed by atoms with Gasteiger partial charge >= 0.3 is 5.97 Å². The van der Waals surface area contributed by atoms with Gasteiger partial charge in [-0.1, -0.05) is 24.3 Å². The van der Waals surface area contributed by atoms with Crippen molar-refractivity contribution in [1.82, 2.24) is 9.55 Å². The van der Waals surface area contributed by atoms with E-state index in [0.29, 0.717) is 21.5 Å². The van der Waals surface area contributed by atoms with E-state index in [1.54, 1.807) is 18.2 Å². The third-order valence-corrected chi connectivity index (χ3v) is 6.51. The second kappa shape index (κ2) is 8.99. The van der Waals surface area contributed by atoms with E-state index in [0.717, 1.165) is 22.3 Å². The summed E-state index contributed by atoms with van der Waals surface area (Å²) in [6, 6.07) is 11.0. The fourth-order valence-electron chi connectivity index (χ4n) is 3.55. The molecular formula is C25H23N3O4S. The van der Waals surface area contributed by atoms with Crippen molar-refractivity contribution in [3.63, 3.8) is 0 Å². The summed E-state index contributed by atoms with van der Waals surface area (Å²) in [5, 5.41) is 5.20. The highest BCUT2D eigenvalue weighted by molar-refractivity contribution is 7.17. The van der Waals surface area contributed by atoms with Gasteiger partial charge in [0.1, 0.15) is 11.4 Å². The quantitative estimate of drug-likeness (QED) is 0.443. The summed E-state index contributed by atoms with van der Waals surface area (Å²) in [6.07, 6.45) is 1.39. The minimum absolute atomic E-state index is 0.203. The summed E-state index contributed by atoms with van der Waals surface area (Å²) in [7, 11) is 1.30. The van der Waals surface area contributed by atoms with Crippen LogP contribution < -0.4 is 10.9 Å². The van der Waals surface area contributed by atoms with Crippen molar-refractivity contribution >= 4 is 39.1 Å². The first-order valence-corrected chi connectivity index (χ1v) is 11.2.